The minimum atomic E-state index is 0.390. The van der Waals surface area contributed by atoms with Crippen LogP contribution in [0.15, 0.2) is 6.33 Å². The SMILES string of the molecule is CC1CCC(NCc2ncnn2C(C)C)CC1. The van der Waals surface area contributed by atoms with E-state index in [4.69, 9.17) is 0 Å². The highest BCUT2D eigenvalue weighted by Gasteiger charge is 2.18. The Labute approximate surface area is 104 Å². The molecule has 2 rings (SSSR count). The predicted octanol–water partition coefficient (Wildman–Crippen LogP) is 2.53. The fraction of sp³-hybridized carbons (Fsp3) is 0.846. The maximum Gasteiger partial charge on any atom is 0.141 e. The third-order valence-corrected chi connectivity index (χ3v) is 3.70. The van der Waals surface area contributed by atoms with E-state index < -0.39 is 0 Å². The summed E-state index contributed by atoms with van der Waals surface area (Å²) in [6.07, 6.45) is 6.97. The Bertz CT molecular complexity index is 337. The van der Waals surface area contributed by atoms with Gasteiger partial charge in [-0.1, -0.05) is 6.92 Å². The Morgan fingerprint density at radius 1 is 1.35 bits per heavy atom. The second-order valence-corrected chi connectivity index (χ2v) is 5.55. The van der Waals surface area contributed by atoms with Crippen LogP contribution in [0.25, 0.3) is 0 Å². The monoisotopic (exact) mass is 236 g/mol. The zero-order valence-electron chi connectivity index (χ0n) is 11.2. The topological polar surface area (TPSA) is 42.7 Å². The van der Waals surface area contributed by atoms with Crippen LogP contribution in [-0.2, 0) is 6.54 Å². The first-order valence-corrected chi connectivity index (χ1v) is 6.78. The second-order valence-electron chi connectivity index (χ2n) is 5.55. The van der Waals surface area contributed by atoms with E-state index in [2.05, 4.69) is 36.2 Å². The third kappa shape index (κ3) is 3.28. The normalized spacial score (nSPS) is 25.4. The van der Waals surface area contributed by atoms with Crippen molar-refractivity contribution < 1.29 is 0 Å². The quantitative estimate of drug-likeness (QED) is 0.873. The van der Waals surface area contributed by atoms with E-state index in [1.165, 1.54) is 25.7 Å². The summed E-state index contributed by atoms with van der Waals surface area (Å²) in [5.41, 5.74) is 0. The predicted molar refractivity (Wildman–Crippen MR) is 68.7 cm³/mol. The van der Waals surface area contributed by atoms with Crippen molar-refractivity contribution in [1.82, 2.24) is 20.1 Å². The lowest BCUT2D eigenvalue weighted by Gasteiger charge is -2.27. The van der Waals surface area contributed by atoms with Crippen LogP contribution in [-0.4, -0.2) is 20.8 Å². The van der Waals surface area contributed by atoms with Gasteiger partial charge in [0.15, 0.2) is 0 Å². The molecule has 1 heterocycles. The van der Waals surface area contributed by atoms with Crippen LogP contribution in [0.1, 0.15) is 58.3 Å². The van der Waals surface area contributed by atoms with Crippen LogP contribution in [0.3, 0.4) is 0 Å². The summed E-state index contributed by atoms with van der Waals surface area (Å²) >= 11 is 0. The van der Waals surface area contributed by atoms with Crippen molar-refractivity contribution in [2.75, 3.05) is 0 Å². The maximum atomic E-state index is 4.33. The van der Waals surface area contributed by atoms with Crippen molar-refractivity contribution in [3.63, 3.8) is 0 Å². The Hall–Kier alpha value is -0.900. The first kappa shape index (κ1) is 12.6. The highest BCUT2D eigenvalue weighted by molar-refractivity contribution is 4.87. The molecule has 1 saturated carbocycles. The van der Waals surface area contributed by atoms with Gasteiger partial charge >= 0.3 is 0 Å². The molecule has 0 radical (unpaired) electrons. The molecule has 0 atom stereocenters. The van der Waals surface area contributed by atoms with Crippen molar-refractivity contribution in [2.45, 2.75) is 65.1 Å². The largest absolute Gasteiger partial charge is 0.307 e. The number of nitrogens with zero attached hydrogens (tertiary/aromatic N) is 3. The molecule has 0 spiro atoms. The zero-order valence-corrected chi connectivity index (χ0v) is 11.2. The van der Waals surface area contributed by atoms with E-state index in [1.807, 2.05) is 4.68 Å². The summed E-state index contributed by atoms with van der Waals surface area (Å²) in [6, 6.07) is 1.06. The highest BCUT2D eigenvalue weighted by atomic mass is 15.4. The summed E-state index contributed by atoms with van der Waals surface area (Å²) in [5.74, 6) is 1.96. The Balaban J connectivity index is 1.83. The van der Waals surface area contributed by atoms with Crippen molar-refractivity contribution in [1.29, 1.82) is 0 Å². The number of hydrogen-bond acceptors (Lipinski definition) is 3. The van der Waals surface area contributed by atoms with Gasteiger partial charge in [-0.2, -0.15) is 5.10 Å². The molecular weight excluding hydrogens is 212 g/mol. The zero-order chi connectivity index (χ0) is 12.3. The fourth-order valence-corrected chi connectivity index (χ4v) is 2.53. The van der Waals surface area contributed by atoms with E-state index in [0.29, 0.717) is 12.1 Å². The molecule has 1 aliphatic rings. The van der Waals surface area contributed by atoms with Gasteiger partial charge in [0.25, 0.3) is 0 Å². The molecule has 0 saturated heterocycles. The van der Waals surface area contributed by atoms with Crippen LogP contribution < -0.4 is 5.32 Å². The summed E-state index contributed by atoms with van der Waals surface area (Å²) in [7, 11) is 0. The molecule has 0 bridgehead atoms. The molecule has 1 fully saturated rings. The lowest BCUT2D eigenvalue weighted by Crippen LogP contribution is -2.33. The van der Waals surface area contributed by atoms with E-state index >= 15 is 0 Å². The van der Waals surface area contributed by atoms with Gasteiger partial charge in [0.2, 0.25) is 0 Å². The number of hydrogen-bond donors (Lipinski definition) is 1. The molecule has 17 heavy (non-hydrogen) atoms. The van der Waals surface area contributed by atoms with E-state index in [0.717, 1.165) is 18.3 Å². The number of aromatic nitrogens is 3. The van der Waals surface area contributed by atoms with Crippen LogP contribution in [0, 0.1) is 5.92 Å². The number of rotatable bonds is 4. The van der Waals surface area contributed by atoms with Crippen molar-refractivity contribution in [2.24, 2.45) is 5.92 Å². The van der Waals surface area contributed by atoms with E-state index in [-0.39, 0.29) is 0 Å². The Morgan fingerprint density at radius 3 is 2.71 bits per heavy atom. The standard InChI is InChI=1S/C13H24N4/c1-10(2)17-13(15-9-16-17)8-14-12-6-4-11(3)5-7-12/h9-12,14H,4-8H2,1-3H3. The second kappa shape index (κ2) is 5.63. The van der Waals surface area contributed by atoms with Crippen LogP contribution >= 0.6 is 0 Å². The maximum absolute atomic E-state index is 4.33. The van der Waals surface area contributed by atoms with Gasteiger partial charge in [0.1, 0.15) is 12.2 Å². The van der Waals surface area contributed by atoms with Crippen LogP contribution in [0.4, 0.5) is 0 Å². The molecule has 0 amide bonds. The average Bonchev–Trinajstić information content (AvgIpc) is 2.76. The molecule has 1 aliphatic carbocycles. The first-order chi connectivity index (χ1) is 8.16. The average molecular weight is 236 g/mol. The van der Waals surface area contributed by atoms with Gasteiger partial charge in [0, 0.05) is 12.1 Å². The molecule has 0 aromatic carbocycles. The lowest BCUT2D eigenvalue weighted by atomic mass is 9.87. The molecule has 96 valence electrons. The minimum absolute atomic E-state index is 0.390. The molecule has 1 aromatic rings. The van der Waals surface area contributed by atoms with Gasteiger partial charge in [-0.25, -0.2) is 9.67 Å². The van der Waals surface area contributed by atoms with Crippen molar-refractivity contribution in [3.8, 4) is 0 Å². The lowest BCUT2D eigenvalue weighted by molar-refractivity contribution is 0.302. The third-order valence-electron chi connectivity index (χ3n) is 3.70. The van der Waals surface area contributed by atoms with Gasteiger partial charge in [0.05, 0.1) is 6.54 Å². The molecule has 1 N–H and O–H groups in total. The van der Waals surface area contributed by atoms with Gasteiger partial charge in [-0.3, -0.25) is 0 Å². The molecule has 0 unspecified atom stereocenters. The fourth-order valence-electron chi connectivity index (χ4n) is 2.53. The highest BCUT2D eigenvalue weighted by Crippen LogP contribution is 2.23. The summed E-state index contributed by atoms with van der Waals surface area (Å²) in [4.78, 5) is 4.33. The molecule has 4 heteroatoms. The molecule has 1 aromatic heterocycles. The van der Waals surface area contributed by atoms with E-state index in [9.17, 15) is 0 Å². The van der Waals surface area contributed by atoms with Gasteiger partial charge in [-0.15, -0.1) is 0 Å². The van der Waals surface area contributed by atoms with E-state index in [1.54, 1.807) is 6.33 Å². The Kier molecular flexibility index (Phi) is 4.15. The minimum Gasteiger partial charge on any atom is -0.307 e. The summed E-state index contributed by atoms with van der Waals surface area (Å²) < 4.78 is 2.00. The van der Waals surface area contributed by atoms with Gasteiger partial charge in [-0.05, 0) is 45.4 Å². The van der Waals surface area contributed by atoms with Crippen LogP contribution in [0.5, 0.6) is 0 Å². The van der Waals surface area contributed by atoms with Crippen molar-refractivity contribution >= 4 is 0 Å². The summed E-state index contributed by atoms with van der Waals surface area (Å²) in [6.45, 7) is 7.48. The number of nitrogens with one attached hydrogen (secondary N) is 1. The molecule has 4 nitrogen and oxygen atoms in total. The van der Waals surface area contributed by atoms with Crippen molar-refractivity contribution in [3.05, 3.63) is 12.2 Å². The van der Waals surface area contributed by atoms with Crippen LogP contribution in [0.2, 0.25) is 0 Å². The smallest absolute Gasteiger partial charge is 0.141 e. The summed E-state index contributed by atoms with van der Waals surface area (Å²) in [5, 5.41) is 7.87. The molecular formula is C13H24N4. The van der Waals surface area contributed by atoms with Gasteiger partial charge < -0.3 is 5.32 Å². The Morgan fingerprint density at radius 2 is 2.06 bits per heavy atom. The first-order valence-electron chi connectivity index (χ1n) is 6.78. The molecule has 0 aliphatic heterocycles.